The van der Waals surface area contributed by atoms with Gasteiger partial charge in [-0.1, -0.05) is 29.8 Å². The maximum absolute atomic E-state index is 13.0. The van der Waals surface area contributed by atoms with Gasteiger partial charge in [0.1, 0.15) is 5.65 Å². The fourth-order valence-electron chi connectivity index (χ4n) is 3.33. The second-order valence-corrected chi connectivity index (χ2v) is 6.89. The van der Waals surface area contributed by atoms with Crippen molar-refractivity contribution in [3.63, 3.8) is 0 Å². The van der Waals surface area contributed by atoms with Crippen LogP contribution in [-0.4, -0.2) is 18.5 Å². The van der Waals surface area contributed by atoms with Crippen molar-refractivity contribution in [2.45, 2.75) is 13.8 Å². The summed E-state index contributed by atoms with van der Waals surface area (Å²) in [6.07, 6.45) is 3.74. The molecule has 0 unspecified atom stereocenters. The Balaban J connectivity index is 2.10. The van der Waals surface area contributed by atoms with Crippen LogP contribution in [0, 0.1) is 13.8 Å². The SMILES string of the molecule is Cc1ccc(-c2c(-c3cn4ccc(C)cc4n3)c(=O)n(C)c(=O)n2C)cc1. The number of benzene rings is 1. The minimum atomic E-state index is -0.362. The van der Waals surface area contributed by atoms with Gasteiger partial charge in [-0.25, -0.2) is 9.78 Å². The highest BCUT2D eigenvalue weighted by Gasteiger charge is 2.21. The van der Waals surface area contributed by atoms with Gasteiger partial charge in [-0.3, -0.25) is 13.9 Å². The van der Waals surface area contributed by atoms with Crippen LogP contribution < -0.4 is 11.2 Å². The molecule has 0 fully saturated rings. The van der Waals surface area contributed by atoms with Gasteiger partial charge >= 0.3 is 5.69 Å². The molecular formula is C21H20N4O2. The second kappa shape index (κ2) is 6.09. The van der Waals surface area contributed by atoms with Crippen molar-refractivity contribution in [1.29, 1.82) is 0 Å². The van der Waals surface area contributed by atoms with Crippen LogP contribution in [0.25, 0.3) is 28.2 Å². The third-order valence-corrected chi connectivity index (χ3v) is 4.86. The van der Waals surface area contributed by atoms with Crippen LogP contribution in [-0.2, 0) is 14.1 Å². The average Bonchev–Trinajstić information content (AvgIpc) is 3.06. The van der Waals surface area contributed by atoms with Gasteiger partial charge in [-0.2, -0.15) is 0 Å². The molecule has 0 aliphatic heterocycles. The van der Waals surface area contributed by atoms with Crippen LogP contribution >= 0.6 is 0 Å². The molecule has 0 atom stereocenters. The zero-order valence-corrected chi connectivity index (χ0v) is 15.7. The summed E-state index contributed by atoms with van der Waals surface area (Å²) in [5.74, 6) is 0. The summed E-state index contributed by atoms with van der Waals surface area (Å²) in [6.45, 7) is 4.00. The van der Waals surface area contributed by atoms with E-state index >= 15 is 0 Å². The molecule has 0 N–H and O–H groups in total. The number of nitrogens with zero attached hydrogens (tertiary/aromatic N) is 4. The molecule has 0 bridgehead atoms. The minimum absolute atomic E-state index is 0.353. The quantitative estimate of drug-likeness (QED) is 0.552. The first-order valence-electron chi connectivity index (χ1n) is 8.69. The van der Waals surface area contributed by atoms with Crippen molar-refractivity contribution in [3.8, 4) is 22.5 Å². The summed E-state index contributed by atoms with van der Waals surface area (Å²) in [6, 6.07) is 11.7. The number of fused-ring (bicyclic) bond motifs is 1. The van der Waals surface area contributed by atoms with Crippen molar-refractivity contribution in [2.75, 3.05) is 0 Å². The summed E-state index contributed by atoms with van der Waals surface area (Å²) < 4.78 is 4.52. The normalized spacial score (nSPS) is 11.3. The van der Waals surface area contributed by atoms with E-state index < -0.39 is 0 Å². The van der Waals surface area contributed by atoms with Crippen molar-refractivity contribution in [3.05, 3.63) is 80.8 Å². The molecule has 0 amide bonds. The van der Waals surface area contributed by atoms with Crippen LogP contribution in [0.2, 0.25) is 0 Å². The summed E-state index contributed by atoms with van der Waals surface area (Å²) in [5, 5.41) is 0. The third kappa shape index (κ3) is 2.70. The van der Waals surface area contributed by atoms with E-state index in [-0.39, 0.29) is 11.2 Å². The number of aryl methyl sites for hydroxylation is 2. The Morgan fingerprint density at radius 2 is 1.59 bits per heavy atom. The monoisotopic (exact) mass is 360 g/mol. The van der Waals surface area contributed by atoms with Gasteiger partial charge in [-0.05, 0) is 37.1 Å². The highest BCUT2D eigenvalue weighted by molar-refractivity contribution is 5.79. The van der Waals surface area contributed by atoms with Crippen molar-refractivity contribution >= 4 is 5.65 Å². The number of imidazole rings is 1. The van der Waals surface area contributed by atoms with Crippen LogP contribution in [0.5, 0.6) is 0 Å². The number of aromatic nitrogens is 4. The fraction of sp³-hybridized carbons (Fsp3) is 0.190. The van der Waals surface area contributed by atoms with E-state index in [9.17, 15) is 9.59 Å². The van der Waals surface area contributed by atoms with Crippen molar-refractivity contribution < 1.29 is 0 Å². The van der Waals surface area contributed by atoms with Gasteiger partial charge in [0.05, 0.1) is 17.0 Å². The summed E-state index contributed by atoms with van der Waals surface area (Å²) in [4.78, 5) is 30.3. The molecule has 4 rings (SSSR count). The molecule has 0 aliphatic rings. The van der Waals surface area contributed by atoms with Crippen molar-refractivity contribution in [2.24, 2.45) is 14.1 Å². The standard InChI is InChI=1S/C21H20N4O2/c1-13-5-7-15(8-6-13)19-18(20(26)24(4)21(27)23(19)3)16-12-25-10-9-14(2)11-17(25)22-16/h5-12H,1-4H3. The molecule has 3 aromatic heterocycles. The average molecular weight is 360 g/mol. The zero-order chi connectivity index (χ0) is 19.3. The molecular weight excluding hydrogens is 340 g/mol. The number of hydrogen-bond acceptors (Lipinski definition) is 3. The lowest BCUT2D eigenvalue weighted by Gasteiger charge is -2.14. The number of hydrogen-bond donors (Lipinski definition) is 0. The molecule has 4 aromatic rings. The van der Waals surface area contributed by atoms with E-state index in [1.54, 1.807) is 7.05 Å². The predicted molar refractivity (Wildman–Crippen MR) is 106 cm³/mol. The maximum atomic E-state index is 13.0. The lowest BCUT2D eigenvalue weighted by atomic mass is 10.0. The number of pyridine rings is 1. The van der Waals surface area contributed by atoms with Gasteiger partial charge in [0, 0.05) is 26.5 Å². The van der Waals surface area contributed by atoms with Crippen LogP contribution in [0.4, 0.5) is 0 Å². The Morgan fingerprint density at radius 3 is 2.30 bits per heavy atom. The Kier molecular flexibility index (Phi) is 3.84. The topological polar surface area (TPSA) is 61.3 Å². The second-order valence-electron chi connectivity index (χ2n) is 6.89. The third-order valence-electron chi connectivity index (χ3n) is 4.86. The van der Waals surface area contributed by atoms with Gasteiger partial charge in [0.25, 0.3) is 5.56 Å². The summed E-state index contributed by atoms with van der Waals surface area (Å²) >= 11 is 0. The highest BCUT2D eigenvalue weighted by atomic mass is 16.2. The Morgan fingerprint density at radius 1 is 0.889 bits per heavy atom. The highest BCUT2D eigenvalue weighted by Crippen LogP contribution is 2.28. The zero-order valence-electron chi connectivity index (χ0n) is 15.7. The van der Waals surface area contributed by atoms with E-state index in [0.29, 0.717) is 17.0 Å². The minimum Gasteiger partial charge on any atom is -0.306 e. The van der Waals surface area contributed by atoms with E-state index in [0.717, 1.165) is 26.9 Å². The molecule has 0 saturated heterocycles. The molecule has 0 aliphatic carbocycles. The lowest BCUT2D eigenvalue weighted by Crippen LogP contribution is -2.38. The Bertz CT molecular complexity index is 1290. The molecule has 0 radical (unpaired) electrons. The van der Waals surface area contributed by atoms with Crippen LogP contribution in [0.15, 0.2) is 58.4 Å². The van der Waals surface area contributed by atoms with Gasteiger partial charge in [-0.15, -0.1) is 0 Å². The van der Waals surface area contributed by atoms with E-state index in [1.165, 1.54) is 11.6 Å². The van der Waals surface area contributed by atoms with Crippen LogP contribution in [0.3, 0.4) is 0 Å². The molecule has 27 heavy (non-hydrogen) atoms. The lowest BCUT2D eigenvalue weighted by molar-refractivity contribution is 0.694. The fourth-order valence-corrected chi connectivity index (χ4v) is 3.33. The van der Waals surface area contributed by atoms with E-state index in [1.807, 2.05) is 67.0 Å². The van der Waals surface area contributed by atoms with Gasteiger partial charge in [0.15, 0.2) is 0 Å². The predicted octanol–water partition coefficient (Wildman–Crippen LogP) is 2.68. The van der Waals surface area contributed by atoms with Gasteiger partial charge in [0.2, 0.25) is 0 Å². The first kappa shape index (κ1) is 17.0. The van der Waals surface area contributed by atoms with E-state index in [2.05, 4.69) is 4.98 Å². The first-order valence-corrected chi connectivity index (χ1v) is 8.69. The maximum Gasteiger partial charge on any atom is 0.330 e. The van der Waals surface area contributed by atoms with Gasteiger partial charge < -0.3 is 4.40 Å². The van der Waals surface area contributed by atoms with E-state index in [4.69, 9.17) is 0 Å². The molecule has 1 aromatic carbocycles. The number of rotatable bonds is 2. The van der Waals surface area contributed by atoms with Crippen LogP contribution in [0.1, 0.15) is 11.1 Å². The summed E-state index contributed by atoms with van der Waals surface area (Å²) in [5.41, 5.74) is 4.59. The smallest absolute Gasteiger partial charge is 0.306 e. The first-order chi connectivity index (χ1) is 12.9. The van der Waals surface area contributed by atoms with Crippen molar-refractivity contribution in [1.82, 2.24) is 18.5 Å². The molecule has 3 heterocycles. The Hall–Kier alpha value is -3.41. The largest absolute Gasteiger partial charge is 0.330 e. The Labute approximate surface area is 156 Å². The molecule has 6 heteroatoms. The molecule has 136 valence electrons. The summed E-state index contributed by atoms with van der Waals surface area (Å²) in [7, 11) is 3.17. The molecule has 0 saturated carbocycles. The molecule has 6 nitrogen and oxygen atoms in total. The molecule has 0 spiro atoms.